The molecule has 5 nitrogen and oxygen atoms in total. The van der Waals surface area contributed by atoms with Gasteiger partial charge in [0.05, 0.1) is 33.0 Å². The number of hydrogen-bond acceptors (Lipinski definition) is 5. The van der Waals surface area contributed by atoms with E-state index in [0.29, 0.717) is 26.2 Å². The third kappa shape index (κ3) is 6.32. The molecule has 178 valence electrons. The molecule has 0 aromatic heterocycles. The van der Waals surface area contributed by atoms with Gasteiger partial charge in [-0.2, -0.15) is 0 Å². The lowest BCUT2D eigenvalue weighted by Gasteiger charge is -2.40. The van der Waals surface area contributed by atoms with Crippen LogP contribution in [0, 0.1) is 5.92 Å². The fourth-order valence-corrected chi connectivity index (χ4v) is 4.30. The number of hydrogen-bond donors (Lipinski definition) is 0. The van der Waals surface area contributed by atoms with E-state index < -0.39 is 12.2 Å². The number of carbonyl (C=O) groups excluding carboxylic acids is 1. The van der Waals surface area contributed by atoms with Crippen molar-refractivity contribution < 1.29 is 23.7 Å². The molecule has 0 saturated heterocycles. The van der Waals surface area contributed by atoms with Crippen LogP contribution in [0.1, 0.15) is 30.0 Å². The SMILES string of the molecule is COc1ccc(CO[C@@H]2C(=O)C[C@@H](C)[C@H](OCc3ccccc3)[C@H]2OCc2ccccc2)cc1. The molecule has 0 bridgehead atoms. The maximum atomic E-state index is 13.1. The van der Waals surface area contributed by atoms with Gasteiger partial charge in [-0.1, -0.05) is 79.7 Å². The first-order valence-corrected chi connectivity index (χ1v) is 11.7. The maximum Gasteiger partial charge on any atom is 0.164 e. The largest absolute Gasteiger partial charge is 0.497 e. The lowest BCUT2D eigenvalue weighted by Crippen LogP contribution is -2.54. The van der Waals surface area contributed by atoms with Gasteiger partial charge < -0.3 is 18.9 Å². The molecule has 0 spiro atoms. The maximum absolute atomic E-state index is 13.1. The molecule has 34 heavy (non-hydrogen) atoms. The third-order valence-corrected chi connectivity index (χ3v) is 6.18. The van der Waals surface area contributed by atoms with Crippen LogP contribution in [-0.4, -0.2) is 31.2 Å². The molecule has 1 aliphatic carbocycles. The molecule has 0 amide bonds. The van der Waals surface area contributed by atoms with Crippen LogP contribution in [0.2, 0.25) is 0 Å². The van der Waals surface area contributed by atoms with Crippen molar-refractivity contribution in [2.45, 2.75) is 51.5 Å². The summed E-state index contributed by atoms with van der Waals surface area (Å²) in [4.78, 5) is 13.1. The van der Waals surface area contributed by atoms with Gasteiger partial charge in [-0.3, -0.25) is 4.79 Å². The minimum Gasteiger partial charge on any atom is -0.497 e. The standard InChI is InChI=1S/C29H32O5/c1-21-17-26(30)28(33-20-24-13-15-25(31-2)16-14-24)29(34-19-23-11-7-4-8-12-23)27(21)32-18-22-9-5-3-6-10-22/h3-16,21,27-29H,17-20H2,1-2H3/t21-,27+,28-,29-/m1/s1. The number of methoxy groups -OCH3 is 1. The van der Waals surface area contributed by atoms with Crippen molar-refractivity contribution in [3.05, 3.63) is 102 Å². The highest BCUT2D eigenvalue weighted by molar-refractivity contribution is 5.85. The average Bonchev–Trinajstić information content (AvgIpc) is 2.88. The molecule has 5 heteroatoms. The summed E-state index contributed by atoms with van der Waals surface area (Å²) in [5.74, 6) is 0.862. The van der Waals surface area contributed by atoms with Crippen molar-refractivity contribution in [2.24, 2.45) is 5.92 Å². The van der Waals surface area contributed by atoms with E-state index in [4.69, 9.17) is 18.9 Å². The average molecular weight is 461 g/mol. The summed E-state index contributed by atoms with van der Waals surface area (Å²) < 4.78 is 24.1. The smallest absolute Gasteiger partial charge is 0.164 e. The second-order valence-corrected chi connectivity index (χ2v) is 8.75. The summed E-state index contributed by atoms with van der Waals surface area (Å²) in [7, 11) is 1.64. The Kier molecular flexibility index (Phi) is 8.47. The van der Waals surface area contributed by atoms with Crippen LogP contribution < -0.4 is 4.74 Å². The summed E-state index contributed by atoms with van der Waals surface area (Å²) >= 11 is 0. The zero-order valence-corrected chi connectivity index (χ0v) is 19.8. The molecule has 3 aromatic rings. The number of ether oxygens (including phenoxy) is 4. The van der Waals surface area contributed by atoms with E-state index in [0.717, 1.165) is 22.4 Å². The number of benzene rings is 3. The minimum atomic E-state index is -0.692. The molecular formula is C29H32O5. The van der Waals surface area contributed by atoms with Gasteiger partial charge in [0.1, 0.15) is 18.0 Å². The molecule has 4 rings (SSSR count). The third-order valence-electron chi connectivity index (χ3n) is 6.18. The van der Waals surface area contributed by atoms with Gasteiger partial charge in [0.2, 0.25) is 0 Å². The Morgan fingerprint density at radius 1 is 0.676 bits per heavy atom. The summed E-state index contributed by atoms with van der Waals surface area (Å²) in [5, 5.41) is 0. The molecule has 1 fully saturated rings. The summed E-state index contributed by atoms with van der Waals surface area (Å²) in [6.45, 7) is 3.21. The normalized spacial score (nSPS) is 22.5. The first-order chi connectivity index (χ1) is 16.6. The number of rotatable bonds is 10. The van der Waals surface area contributed by atoms with Gasteiger partial charge in [-0.05, 0) is 34.7 Å². The van der Waals surface area contributed by atoms with Crippen molar-refractivity contribution in [3.63, 3.8) is 0 Å². The molecule has 1 aliphatic rings. The molecule has 3 aromatic carbocycles. The van der Waals surface area contributed by atoms with Crippen molar-refractivity contribution >= 4 is 5.78 Å². The zero-order chi connectivity index (χ0) is 23.8. The Labute approximate surface area is 201 Å². The predicted octanol–water partition coefficient (Wildman–Crippen LogP) is 5.36. The van der Waals surface area contributed by atoms with Crippen LogP contribution in [0.3, 0.4) is 0 Å². The van der Waals surface area contributed by atoms with Crippen molar-refractivity contribution in [1.82, 2.24) is 0 Å². The highest BCUT2D eigenvalue weighted by Gasteiger charge is 2.45. The zero-order valence-electron chi connectivity index (χ0n) is 19.8. The van der Waals surface area contributed by atoms with Crippen LogP contribution in [0.25, 0.3) is 0 Å². The van der Waals surface area contributed by atoms with E-state index >= 15 is 0 Å². The fraction of sp³-hybridized carbons (Fsp3) is 0.345. The molecule has 0 aliphatic heterocycles. The van der Waals surface area contributed by atoms with Gasteiger partial charge in [0.15, 0.2) is 5.78 Å². The van der Waals surface area contributed by atoms with Crippen molar-refractivity contribution in [1.29, 1.82) is 0 Å². The Bertz CT molecular complexity index is 1020. The van der Waals surface area contributed by atoms with Gasteiger partial charge in [0, 0.05) is 6.42 Å². The molecule has 0 radical (unpaired) electrons. The van der Waals surface area contributed by atoms with Crippen LogP contribution in [0.5, 0.6) is 5.75 Å². The van der Waals surface area contributed by atoms with Crippen LogP contribution in [0.15, 0.2) is 84.9 Å². The second-order valence-electron chi connectivity index (χ2n) is 8.75. The highest BCUT2D eigenvalue weighted by Crippen LogP contribution is 2.31. The summed E-state index contributed by atoms with van der Waals surface area (Å²) in [5.41, 5.74) is 3.10. The summed E-state index contributed by atoms with van der Waals surface area (Å²) in [6.07, 6.45) is -1.05. The minimum absolute atomic E-state index is 0.0258. The van der Waals surface area contributed by atoms with Crippen LogP contribution in [0.4, 0.5) is 0 Å². The second kappa shape index (κ2) is 11.9. The van der Waals surface area contributed by atoms with E-state index in [1.807, 2.05) is 91.9 Å². The Morgan fingerprint density at radius 3 is 1.74 bits per heavy atom. The Balaban J connectivity index is 1.50. The molecule has 1 saturated carbocycles. The highest BCUT2D eigenvalue weighted by atomic mass is 16.6. The number of carbonyl (C=O) groups is 1. The van der Waals surface area contributed by atoms with E-state index in [1.165, 1.54) is 0 Å². The predicted molar refractivity (Wildman–Crippen MR) is 130 cm³/mol. The van der Waals surface area contributed by atoms with Gasteiger partial charge in [0.25, 0.3) is 0 Å². The van der Waals surface area contributed by atoms with Crippen LogP contribution >= 0.6 is 0 Å². The van der Waals surface area contributed by atoms with Gasteiger partial charge >= 0.3 is 0 Å². The molecule has 0 heterocycles. The van der Waals surface area contributed by atoms with E-state index in [9.17, 15) is 4.79 Å². The summed E-state index contributed by atoms with van der Waals surface area (Å²) in [6, 6.07) is 27.7. The van der Waals surface area contributed by atoms with Gasteiger partial charge in [-0.15, -0.1) is 0 Å². The van der Waals surface area contributed by atoms with E-state index in [2.05, 4.69) is 0 Å². The number of Topliss-reactive ketones (excluding diaryl/α,β-unsaturated/α-hetero) is 1. The quantitative estimate of drug-likeness (QED) is 0.408. The van der Waals surface area contributed by atoms with Crippen LogP contribution in [-0.2, 0) is 38.8 Å². The Hall–Kier alpha value is -2.99. The molecule has 4 atom stereocenters. The number of ketones is 1. The molecular weight excluding hydrogens is 428 g/mol. The molecule has 0 N–H and O–H groups in total. The topological polar surface area (TPSA) is 54.0 Å². The first kappa shape index (κ1) is 24.1. The lowest BCUT2D eigenvalue weighted by molar-refractivity contribution is -0.189. The van der Waals surface area contributed by atoms with Crippen molar-refractivity contribution in [3.8, 4) is 5.75 Å². The van der Waals surface area contributed by atoms with Gasteiger partial charge in [-0.25, -0.2) is 0 Å². The first-order valence-electron chi connectivity index (χ1n) is 11.7. The monoisotopic (exact) mass is 460 g/mol. The van der Waals surface area contributed by atoms with Crippen molar-refractivity contribution in [2.75, 3.05) is 7.11 Å². The van der Waals surface area contributed by atoms with E-state index in [-0.39, 0.29) is 17.8 Å². The molecule has 0 unspecified atom stereocenters. The lowest BCUT2D eigenvalue weighted by atomic mass is 9.82. The Morgan fingerprint density at radius 2 is 1.18 bits per heavy atom. The fourth-order valence-electron chi connectivity index (χ4n) is 4.30. The van der Waals surface area contributed by atoms with E-state index in [1.54, 1.807) is 7.11 Å².